The van der Waals surface area contributed by atoms with E-state index in [2.05, 4.69) is 23.5 Å². The van der Waals surface area contributed by atoms with Gasteiger partial charge in [0.2, 0.25) is 0 Å². The van der Waals surface area contributed by atoms with Crippen molar-refractivity contribution in [1.29, 1.82) is 5.26 Å². The van der Waals surface area contributed by atoms with E-state index in [9.17, 15) is 0 Å². The number of nitrogens with zero attached hydrogens (tertiary/aromatic N) is 1. The Bertz CT molecular complexity index is 361. The Hall–Kier alpha value is -0.980. The summed E-state index contributed by atoms with van der Waals surface area (Å²) in [5.41, 5.74) is 2.06. The van der Waals surface area contributed by atoms with E-state index in [1.165, 1.54) is 24.9 Å². The van der Waals surface area contributed by atoms with Crippen LogP contribution in [0.3, 0.4) is 0 Å². The molecule has 1 aliphatic rings. The molecule has 1 N–H and O–H groups in total. The Morgan fingerprint density at radius 3 is 2.81 bits per heavy atom. The molecule has 1 aromatic carbocycles. The van der Waals surface area contributed by atoms with Crippen molar-refractivity contribution in [2.45, 2.75) is 23.8 Å². The number of hydrogen-bond donors (Lipinski definition) is 1. The molecule has 0 spiro atoms. The van der Waals surface area contributed by atoms with Crippen LogP contribution in [0.1, 0.15) is 24.0 Å². The average molecular weight is 232 g/mol. The molecule has 1 atom stereocenters. The molecule has 0 aliphatic carbocycles. The van der Waals surface area contributed by atoms with Crippen LogP contribution in [0.15, 0.2) is 24.3 Å². The van der Waals surface area contributed by atoms with E-state index in [1.54, 1.807) is 0 Å². The van der Waals surface area contributed by atoms with Gasteiger partial charge in [-0.15, -0.1) is 0 Å². The minimum Gasteiger partial charge on any atom is -0.316 e. The molecule has 84 valence electrons. The minimum atomic E-state index is 0.744. The van der Waals surface area contributed by atoms with Gasteiger partial charge in [0.15, 0.2) is 0 Å². The zero-order chi connectivity index (χ0) is 11.2. The molecular formula is C13H16N2S. The van der Waals surface area contributed by atoms with Crippen molar-refractivity contribution >= 4 is 11.8 Å². The van der Waals surface area contributed by atoms with Gasteiger partial charge in [-0.3, -0.25) is 0 Å². The molecule has 0 radical (unpaired) electrons. The molecule has 2 nitrogen and oxygen atoms in total. The number of rotatable bonds is 3. The molecular weight excluding hydrogens is 216 g/mol. The van der Waals surface area contributed by atoms with E-state index in [0.717, 1.165) is 23.1 Å². The predicted molar refractivity (Wildman–Crippen MR) is 68.3 cm³/mol. The summed E-state index contributed by atoms with van der Waals surface area (Å²) < 4.78 is 0. The molecule has 1 fully saturated rings. The van der Waals surface area contributed by atoms with Crippen LogP contribution in [0.5, 0.6) is 0 Å². The maximum atomic E-state index is 8.70. The van der Waals surface area contributed by atoms with Crippen molar-refractivity contribution in [3.63, 3.8) is 0 Å². The van der Waals surface area contributed by atoms with Crippen molar-refractivity contribution in [3.8, 4) is 6.07 Å². The van der Waals surface area contributed by atoms with Crippen LogP contribution in [0, 0.1) is 11.3 Å². The fourth-order valence-electron chi connectivity index (χ4n) is 1.85. The van der Waals surface area contributed by atoms with Crippen molar-refractivity contribution in [3.05, 3.63) is 35.4 Å². The first-order valence-electron chi connectivity index (χ1n) is 5.70. The second-order valence-electron chi connectivity index (χ2n) is 4.09. The van der Waals surface area contributed by atoms with Gasteiger partial charge >= 0.3 is 0 Å². The topological polar surface area (TPSA) is 35.8 Å². The Labute approximate surface area is 101 Å². The van der Waals surface area contributed by atoms with Gasteiger partial charge in [0.1, 0.15) is 0 Å². The summed E-state index contributed by atoms with van der Waals surface area (Å²) in [6, 6.07) is 10.1. The van der Waals surface area contributed by atoms with Crippen LogP contribution >= 0.6 is 11.8 Å². The first-order valence-corrected chi connectivity index (χ1v) is 6.75. The van der Waals surface area contributed by atoms with Gasteiger partial charge in [-0.2, -0.15) is 17.0 Å². The van der Waals surface area contributed by atoms with Gasteiger partial charge in [0.05, 0.1) is 11.6 Å². The second-order valence-corrected chi connectivity index (χ2v) is 5.38. The smallest absolute Gasteiger partial charge is 0.0991 e. The highest BCUT2D eigenvalue weighted by molar-refractivity contribution is 7.99. The van der Waals surface area contributed by atoms with Crippen LogP contribution in [-0.2, 0) is 5.75 Å². The molecule has 1 aliphatic heterocycles. The van der Waals surface area contributed by atoms with Crippen LogP contribution < -0.4 is 5.32 Å². The van der Waals surface area contributed by atoms with Gasteiger partial charge in [-0.25, -0.2) is 0 Å². The molecule has 0 saturated carbocycles. The highest BCUT2D eigenvalue weighted by Crippen LogP contribution is 2.22. The van der Waals surface area contributed by atoms with Crippen molar-refractivity contribution in [2.24, 2.45) is 0 Å². The maximum Gasteiger partial charge on any atom is 0.0991 e. The largest absolute Gasteiger partial charge is 0.316 e. The first kappa shape index (κ1) is 11.5. The summed E-state index contributed by atoms with van der Waals surface area (Å²) in [6.45, 7) is 2.31. The molecule has 1 aromatic rings. The van der Waals surface area contributed by atoms with Crippen LogP contribution in [0.25, 0.3) is 0 Å². The van der Waals surface area contributed by atoms with E-state index < -0.39 is 0 Å². The van der Waals surface area contributed by atoms with Crippen LogP contribution in [0.2, 0.25) is 0 Å². The Morgan fingerprint density at radius 1 is 1.38 bits per heavy atom. The second kappa shape index (κ2) is 5.93. The number of nitrogens with one attached hydrogen (secondary N) is 1. The molecule has 0 aromatic heterocycles. The Balaban J connectivity index is 1.82. The standard InChI is InChI=1S/C13H16N2S/c14-8-11-3-5-12(6-4-11)10-16-13-2-1-7-15-9-13/h3-6,13,15H,1-2,7,9-10H2. The maximum absolute atomic E-state index is 8.70. The van der Waals surface area contributed by atoms with Crippen LogP contribution in [0.4, 0.5) is 0 Å². The lowest BCUT2D eigenvalue weighted by atomic mass is 10.2. The number of hydrogen-bond acceptors (Lipinski definition) is 3. The highest BCUT2D eigenvalue weighted by atomic mass is 32.2. The zero-order valence-electron chi connectivity index (χ0n) is 9.28. The summed E-state index contributed by atoms with van der Waals surface area (Å²) in [5.74, 6) is 1.05. The molecule has 0 amide bonds. The third-order valence-corrected chi connectivity index (χ3v) is 4.19. The van der Waals surface area contributed by atoms with Gasteiger partial charge < -0.3 is 5.32 Å². The molecule has 1 heterocycles. The summed E-state index contributed by atoms with van der Waals surface area (Å²) >= 11 is 2.02. The van der Waals surface area contributed by atoms with E-state index in [1.807, 2.05) is 23.9 Å². The monoisotopic (exact) mass is 232 g/mol. The average Bonchev–Trinajstić information content (AvgIpc) is 2.38. The molecule has 2 rings (SSSR count). The minimum absolute atomic E-state index is 0.744. The van der Waals surface area contributed by atoms with Crippen LogP contribution in [-0.4, -0.2) is 18.3 Å². The van der Waals surface area contributed by atoms with Gasteiger partial charge in [-0.05, 0) is 37.1 Å². The molecule has 0 bridgehead atoms. The van der Waals surface area contributed by atoms with E-state index in [-0.39, 0.29) is 0 Å². The summed E-state index contributed by atoms with van der Waals surface area (Å²) in [6.07, 6.45) is 2.62. The first-order chi connectivity index (χ1) is 7.88. The fraction of sp³-hybridized carbons (Fsp3) is 0.462. The quantitative estimate of drug-likeness (QED) is 0.870. The summed E-state index contributed by atoms with van der Waals surface area (Å²) in [5, 5.41) is 12.9. The zero-order valence-corrected chi connectivity index (χ0v) is 10.1. The number of piperidine rings is 1. The van der Waals surface area contributed by atoms with E-state index in [4.69, 9.17) is 5.26 Å². The summed E-state index contributed by atoms with van der Waals surface area (Å²) in [4.78, 5) is 0. The molecule has 1 saturated heterocycles. The molecule has 3 heteroatoms. The third kappa shape index (κ3) is 3.26. The van der Waals surface area contributed by atoms with Crippen molar-refractivity contribution < 1.29 is 0 Å². The summed E-state index contributed by atoms with van der Waals surface area (Å²) in [7, 11) is 0. The number of benzene rings is 1. The Kier molecular flexibility index (Phi) is 4.26. The predicted octanol–water partition coefficient (Wildman–Crippen LogP) is 2.54. The normalized spacial score (nSPS) is 20.3. The van der Waals surface area contributed by atoms with Gasteiger partial charge in [-0.1, -0.05) is 12.1 Å². The van der Waals surface area contributed by atoms with Crippen molar-refractivity contribution in [2.75, 3.05) is 13.1 Å². The molecule has 1 unspecified atom stereocenters. The van der Waals surface area contributed by atoms with E-state index >= 15 is 0 Å². The number of thioether (sulfide) groups is 1. The lowest BCUT2D eigenvalue weighted by molar-refractivity contribution is 0.531. The van der Waals surface area contributed by atoms with Gasteiger partial charge in [0, 0.05) is 17.5 Å². The lowest BCUT2D eigenvalue weighted by Crippen LogP contribution is -2.31. The lowest BCUT2D eigenvalue weighted by Gasteiger charge is -2.22. The number of nitriles is 1. The van der Waals surface area contributed by atoms with Crippen molar-refractivity contribution in [1.82, 2.24) is 5.32 Å². The SMILES string of the molecule is N#Cc1ccc(CSC2CCCNC2)cc1. The van der Waals surface area contributed by atoms with E-state index in [0.29, 0.717) is 0 Å². The molecule has 16 heavy (non-hydrogen) atoms. The fourth-order valence-corrected chi connectivity index (χ4v) is 3.04. The highest BCUT2D eigenvalue weighted by Gasteiger charge is 2.12. The Morgan fingerprint density at radius 2 is 2.19 bits per heavy atom. The van der Waals surface area contributed by atoms with Gasteiger partial charge in [0.25, 0.3) is 0 Å². The third-order valence-electron chi connectivity index (χ3n) is 2.82.